The van der Waals surface area contributed by atoms with E-state index in [1.54, 1.807) is 36.1 Å². The molecule has 0 radical (unpaired) electrons. The zero-order chi connectivity index (χ0) is 18.3. The molecule has 0 bridgehead atoms. The maximum Gasteiger partial charge on any atom is 0.215 e. The first-order chi connectivity index (χ1) is 12.6. The van der Waals surface area contributed by atoms with Gasteiger partial charge >= 0.3 is 0 Å². The van der Waals surface area contributed by atoms with Crippen LogP contribution in [0.2, 0.25) is 5.02 Å². The second kappa shape index (κ2) is 6.72. The van der Waals surface area contributed by atoms with E-state index in [4.69, 9.17) is 28.6 Å². The standard InChI is InChI=1S/C19H13ClN2O2S2/c1-24-16-7-6-12(9-14(16)20)22-18(23)17(26-19(22)25)8-11-10-21-15-5-3-2-4-13(11)15/h2-10,23H,1H3. The lowest BCUT2D eigenvalue weighted by molar-refractivity contribution is 0.414. The number of methoxy groups -OCH3 is 1. The SMILES string of the molecule is COc1ccc(-n2c(O)c(C=C3C=Nc4ccccc43)sc2=S)cc1Cl. The third-order valence-electron chi connectivity index (χ3n) is 4.05. The van der Waals surface area contributed by atoms with Crippen LogP contribution in [0.5, 0.6) is 11.6 Å². The molecule has 0 fully saturated rings. The van der Waals surface area contributed by atoms with Gasteiger partial charge in [0.05, 0.1) is 28.4 Å². The summed E-state index contributed by atoms with van der Waals surface area (Å²) in [4.78, 5) is 5.06. The van der Waals surface area contributed by atoms with E-state index in [1.807, 2.05) is 30.3 Å². The minimum atomic E-state index is 0.0755. The van der Waals surface area contributed by atoms with Crippen LogP contribution < -0.4 is 4.74 Å². The first-order valence-corrected chi connectivity index (χ1v) is 9.32. The first kappa shape index (κ1) is 17.0. The van der Waals surface area contributed by atoms with E-state index in [9.17, 15) is 5.11 Å². The predicted octanol–water partition coefficient (Wildman–Crippen LogP) is 5.89. The fourth-order valence-electron chi connectivity index (χ4n) is 2.79. The maximum absolute atomic E-state index is 10.7. The molecule has 0 saturated heterocycles. The number of hydrogen-bond acceptors (Lipinski definition) is 5. The third-order valence-corrected chi connectivity index (χ3v) is 5.66. The molecule has 0 spiro atoms. The van der Waals surface area contributed by atoms with E-state index in [2.05, 4.69) is 4.99 Å². The lowest BCUT2D eigenvalue weighted by atomic mass is 10.1. The average Bonchev–Trinajstić information content (AvgIpc) is 3.16. The van der Waals surface area contributed by atoms with Crippen molar-refractivity contribution in [2.24, 2.45) is 4.99 Å². The molecule has 1 aromatic heterocycles. The van der Waals surface area contributed by atoms with Gasteiger partial charge in [0, 0.05) is 17.4 Å². The number of fused-ring (bicyclic) bond motifs is 1. The van der Waals surface area contributed by atoms with Crippen molar-refractivity contribution >= 4 is 58.7 Å². The molecule has 0 amide bonds. The van der Waals surface area contributed by atoms with E-state index in [0.717, 1.165) is 16.8 Å². The summed E-state index contributed by atoms with van der Waals surface area (Å²) in [6.45, 7) is 0. The smallest absolute Gasteiger partial charge is 0.215 e. The van der Waals surface area contributed by atoms with Gasteiger partial charge in [0.25, 0.3) is 0 Å². The topological polar surface area (TPSA) is 46.8 Å². The molecule has 26 heavy (non-hydrogen) atoms. The Morgan fingerprint density at radius 2 is 2.08 bits per heavy atom. The van der Waals surface area contributed by atoms with Gasteiger partial charge in [-0.3, -0.25) is 9.56 Å². The predicted molar refractivity (Wildman–Crippen MR) is 110 cm³/mol. The number of benzene rings is 2. The number of allylic oxidation sites excluding steroid dienone is 1. The molecule has 130 valence electrons. The number of aromatic nitrogens is 1. The van der Waals surface area contributed by atoms with Crippen LogP contribution in [0.15, 0.2) is 47.5 Å². The number of rotatable bonds is 3. The molecule has 2 aromatic carbocycles. The van der Waals surface area contributed by atoms with Crippen LogP contribution in [0.3, 0.4) is 0 Å². The number of hydrogen-bond donors (Lipinski definition) is 1. The molecule has 1 aliphatic heterocycles. The largest absolute Gasteiger partial charge is 0.495 e. The number of ether oxygens (including phenoxy) is 1. The van der Waals surface area contributed by atoms with Crippen molar-refractivity contribution in [3.63, 3.8) is 0 Å². The molecule has 0 atom stereocenters. The van der Waals surface area contributed by atoms with Crippen molar-refractivity contribution in [1.82, 2.24) is 4.57 Å². The molecule has 2 heterocycles. The lowest BCUT2D eigenvalue weighted by Crippen LogP contribution is -1.94. The van der Waals surface area contributed by atoms with Gasteiger partial charge in [-0.1, -0.05) is 29.8 Å². The van der Waals surface area contributed by atoms with E-state index in [0.29, 0.717) is 25.3 Å². The molecule has 4 rings (SSSR count). The third kappa shape index (κ3) is 2.86. The summed E-state index contributed by atoms with van der Waals surface area (Å²) in [7, 11) is 1.56. The van der Waals surface area contributed by atoms with Crippen LogP contribution in [-0.2, 0) is 0 Å². The molecule has 0 saturated carbocycles. The Hall–Kier alpha value is -2.41. The Morgan fingerprint density at radius 3 is 2.85 bits per heavy atom. The Kier molecular flexibility index (Phi) is 4.40. The summed E-state index contributed by atoms with van der Waals surface area (Å²) >= 11 is 13.0. The minimum absolute atomic E-state index is 0.0755. The quantitative estimate of drug-likeness (QED) is 0.557. The Balaban J connectivity index is 1.79. The second-order valence-electron chi connectivity index (χ2n) is 5.59. The summed E-state index contributed by atoms with van der Waals surface area (Å²) < 4.78 is 7.29. The number of nitrogens with zero attached hydrogens (tertiary/aromatic N) is 2. The highest BCUT2D eigenvalue weighted by molar-refractivity contribution is 7.73. The van der Waals surface area contributed by atoms with E-state index >= 15 is 0 Å². The van der Waals surface area contributed by atoms with Crippen LogP contribution in [-0.4, -0.2) is 23.0 Å². The monoisotopic (exact) mass is 400 g/mol. The van der Waals surface area contributed by atoms with Gasteiger partial charge in [0.15, 0.2) is 3.95 Å². The van der Waals surface area contributed by atoms with E-state index in [-0.39, 0.29) is 5.88 Å². The van der Waals surface area contributed by atoms with Gasteiger partial charge in [0.1, 0.15) is 5.75 Å². The summed E-state index contributed by atoms with van der Waals surface area (Å²) in [5.41, 5.74) is 3.57. The van der Waals surface area contributed by atoms with Crippen molar-refractivity contribution in [2.45, 2.75) is 0 Å². The molecule has 7 heteroatoms. The fourth-order valence-corrected chi connectivity index (χ4v) is 4.35. The van der Waals surface area contributed by atoms with Crippen molar-refractivity contribution in [3.05, 3.63) is 61.9 Å². The number of aliphatic imine (C=N–C) groups is 1. The fraction of sp³-hybridized carbons (Fsp3) is 0.0526. The summed E-state index contributed by atoms with van der Waals surface area (Å²) in [6, 6.07) is 13.1. The first-order valence-electron chi connectivity index (χ1n) is 7.72. The number of halogens is 1. The summed E-state index contributed by atoms with van der Waals surface area (Å²) in [5, 5.41) is 11.2. The van der Waals surface area contributed by atoms with E-state index < -0.39 is 0 Å². The summed E-state index contributed by atoms with van der Waals surface area (Å²) in [5.74, 6) is 0.643. The molecule has 0 aliphatic carbocycles. The molecule has 0 unspecified atom stereocenters. The Labute approximate surface area is 164 Å². The van der Waals surface area contributed by atoms with Gasteiger partial charge in [-0.25, -0.2) is 0 Å². The van der Waals surface area contributed by atoms with E-state index in [1.165, 1.54) is 11.3 Å². The number of aromatic hydroxyl groups is 1. The second-order valence-corrected chi connectivity index (χ2v) is 7.67. The van der Waals surface area contributed by atoms with Crippen LogP contribution in [0.4, 0.5) is 5.69 Å². The van der Waals surface area contributed by atoms with Gasteiger partial charge in [0.2, 0.25) is 5.88 Å². The lowest BCUT2D eigenvalue weighted by Gasteiger charge is -2.08. The molecular weight excluding hydrogens is 388 g/mol. The van der Waals surface area contributed by atoms with Gasteiger partial charge < -0.3 is 9.84 Å². The minimum Gasteiger partial charge on any atom is -0.495 e. The molecule has 4 nitrogen and oxygen atoms in total. The van der Waals surface area contributed by atoms with Crippen LogP contribution in [0, 0.1) is 3.95 Å². The van der Waals surface area contributed by atoms with Crippen molar-refractivity contribution < 1.29 is 9.84 Å². The Morgan fingerprint density at radius 1 is 1.27 bits per heavy atom. The van der Waals surface area contributed by atoms with Crippen molar-refractivity contribution in [2.75, 3.05) is 7.11 Å². The highest BCUT2D eigenvalue weighted by Crippen LogP contribution is 2.37. The number of para-hydroxylation sites is 1. The maximum atomic E-state index is 10.7. The highest BCUT2D eigenvalue weighted by Gasteiger charge is 2.16. The van der Waals surface area contributed by atoms with Gasteiger partial charge in [-0.2, -0.15) is 0 Å². The van der Waals surface area contributed by atoms with Gasteiger partial charge in [-0.05, 0) is 42.6 Å². The van der Waals surface area contributed by atoms with Crippen LogP contribution >= 0.6 is 35.2 Å². The normalized spacial score (nSPS) is 14.0. The zero-order valence-corrected chi connectivity index (χ0v) is 16.0. The number of thiazole rings is 1. The van der Waals surface area contributed by atoms with Gasteiger partial charge in [-0.15, -0.1) is 11.3 Å². The Bertz CT molecular complexity index is 1130. The summed E-state index contributed by atoms with van der Waals surface area (Å²) in [6.07, 6.45) is 3.69. The molecule has 1 N–H and O–H groups in total. The van der Waals surface area contributed by atoms with Crippen molar-refractivity contribution in [3.8, 4) is 17.3 Å². The average molecular weight is 401 g/mol. The molecule has 1 aliphatic rings. The molecular formula is C19H13ClN2O2S2. The molecule has 3 aromatic rings. The zero-order valence-electron chi connectivity index (χ0n) is 13.6. The van der Waals surface area contributed by atoms with Crippen LogP contribution in [0.1, 0.15) is 10.4 Å². The van der Waals surface area contributed by atoms with Crippen molar-refractivity contribution in [1.29, 1.82) is 0 Å². The van der Waals surface area contributed by atoms with Crippen LogP contribution in [0.25, 0.3) is 17.3 Å². The highest BCUT2D eigenvalue weighted by atomic mass is 35.5.